The zero-order valence-electron chi connectivity index (χ0n) is 9.93. The van der Waals surface area contributed by atoms with Gasteiger partial charge in [-0.25, -0.2) is 4.39 Å². The Bertz CT molecular complexity index is 650. The van der Waals surface area contributed by atoms with Gasteiger partial charge in [-0.3, -0.25) is 0 Å². The number of nitrogens with zero attached hydrogens (tertiary/aromatic N) is 1. The number of phenolic OH excluding ortho intramolecular Hbond substituents is 1. The van der Waals surface area contributed by atoms with Gasteiger partial charge in [0.1, 0.15) is 29.6 Å². The van der Waals surface area contributed by atoms with Crippen LogP contribution in [-0.4, -0.2) is 5.11 Å². The van der Waals surface area contributed by atoms with Gasteiger partial charge in [-0.05, 0) is 30.3 Å². The van der Waals surface area contributed by atoms with E-state index in [1.807, 2.05) is 6.07 Å². The van der Waals surface area contributed by atoms with Gasteiger partial charge in [0, 0.05) is 5.56 Å². The fourth-order valence-electron chi connectivity index (χ4n) is 1.57. The summed E-state index contributed by atoms with van der Waals surface area (Å²) in [6.07, 6.45) is 0. The number of nitrogen functional groups attached to an aromatic ring is 1. The molecule has 0 spiro atoms. The van der Waals surface area contributed by atoms with Crippen molar-refractivity contribution in [2.45, 2.75) is 6.61 Å². The number of aromatic hydroxyl groups is 1. The molecule has 0 aliphatic carbocycles. The van der Waals surface area contributed by atoms with Crippen molar-refractivity contribution in [3.8, 4) is 17.6 Å². The summed E-state index contributed by atoms with van der Waals surface area (Å²) < 4.78 is 18.9. The highest BCUT2D eigenvalue weighted by atomic mass is 19.1. The van der Waals surface area contributed by atoms with Crippen LogP contribution >= 0.6 is 0 Å². The number of anilines is 1. The number of ether oxygens (including phenoxy) is 1. The molecule has 0 aromatic heterocycles. The van der Waals surface area contributed by atoms with E-state index in [-0.39, 0.29) is 29.4 Å². The van der Waals surface area contributed by atoms with E-state index in [1.54, 1.807) is 12.1 Å². The average molecular weight is 258 g/mol. The van der Waals surface area contributed by atoms with Crippen molar-refractivity contribution in [3.63, 3.8) is 0 Å². The lowest BCUT2D eigenvalue weighted by molar-refractivity contribution is 0.300. The Morgan fingerprint density at radius 2 is 2.11 bits per heavy atom. The van der Waals surface area contributed by atoms with Crippen molar-refractivity contribution in [2.75, 3.05) is 5.73 Å². The Morgan fingerprint density at radius 3 is 2.84 bits per heavy atom. The maximum Gasteiger partial charge on any atom is 0.146 e. The first-order valence-electron chi connectivity index (χ1n) is 5.50. The lowest BCUT2D eigenvalue weighted by Gasteiger charge is -2.10. The molecule has 2 aromatic carbocycles. The first-order chi connectivity index (χ1) is 9.11. The number of hydrogen-bond donors (Lipinski definition) is 2. The summed E-state index contributed by atoms with van der Waals surface area (Å²) in [4.78, 5) is 0. The molecular formula is C14H11FN2O2. The van der Waals surface area contributed by atoms with Gasteiger partial charge in [0.2, 0.25) is 0 Å². The molecule has 0 radical (unpaired) electrons. The number of nitriles is 1. The standard InChI is InChI=1S/C14H11FN2O2/c15-11-5-4-9(7-16)6-10(11)8-19-13-3-1-2-12(18)14(13)17/h1-6,18H,8,17H2. The molecule has 19 heavy (non-hydrogen) atoms. The molecule has 2 rings (SSSR count). The number of phenols is 1. The Kier molecular flexibility index (Phi) is 3.53. The number of halogens is 1. The number of rotatable bonds is 3. The second kappa shape index (κ2) is 5.27. The van der Waals surface area contributed by atoms with Crippen molar-refractivity contribution < 1.29 is 14.2 Å². The van der Waals surface area contributed by atoms with E-state index in [9.17, 15) is 9.50 Å². The zero-order valence-corrected chi connectivity index (χ0v) is 9.93. The minimum Gasteiger partial charge on any atom is -0.506 e. The van der Waals surface area contributed by atoms with E-state index >= 15 is 0 Å². The van der Waals surface area contributed by atoms with Gasteiger partial charge < -0.3 is 15.6 Å². The SMILES string of the molecule is N#Cc1ccc(F)c(COc2cccc(O)c2N)c1. The minimum absolute atomic E-state index is 0.0744. The van der Waals surface area contributed by atoms with Crippen LogP contribution in [0.1, 0.15) is 11.1 Å². The smallest absolute Gasteiger partial charge is 0.146 e. The summed E-state index contributed by atoms with van der Waals surface area (Å²) in [5, 5.41) is 18.2. The van der Waals surface area contributed by atoms with E-state index in [4.69, 9.17) is 15.7 Å². The molecule has 0 atom stereocenters. The average Bonchev–Trinajstić information content (AvgIpc) is 2.42. The van der Waals surface area contributed by atoms with E-state index in [1.165, 1.54) is 24.3 Å². The number of hydrogen-bond acceptors (Lipinski definition) is 4. The predicted octanol–water partition coefficient (Wildman–Crippen LogP) is 2.56. The molecular weight excluding hydrogens is 247 g/mol. The van der Waals surface area contributed by atoms with Crippen LogP contribution in [0.3, 0.4) is 0 Å². The lowest BCUT2D eigenvalue weighted by Crippen LogP contribution is -2.01. The molecule has 0 fully saturated rings. The van der Waals surface area contributed by atoms with Crippen molar-refractivity contribution in [3.05, 3.63) is 53.3 Å². The van der Waals surface area contributed by atoms with E-state index < -0.39 is 5.82 Å². The molecule has 0 amide bonds. The molecule has 96 valence electrons. The largest absolute Gasteiger partial charge is 0.506 e. The monoisotopic (exact) mass is 258 g/mol. The van der Waals surface area contributed by atoms with Gasteiger partial charge in [0.05, 0.1) is 11.6 Å². The van der Waals surface area contributed by atoms with Crippen LogP contribution in [0.4, 0.5) is 10.1 Å². The van der Waals surface area contributed by atoms with Crippen molar-refractivity contribution >= 4 is 5.69 Å². The quantitative estimate of drug-likeness (QED) is 0.655. The second-order valence-corrected chi connectivity index (χ2v) is 3.90. The fourth-order valence-corrected chi connectivity index (χ4v) is 1.57. The number of para-hydroxylation sites is 1. The third-order valence-electron chi connectivity index (χ3n) is 2.60. The zero-order chi connectivity index (χ0) is 13.8. The third kappa shape index (κ3) is 2.75. The first-order valence-corrected chi connectivity index (χ1v) is 5.50. The molecule has 0 unspecified atom stereocenters. The minimum atomic E-state index is -0.460. The summed E-state index contributed by atoms with van der Waals surface area (Å²) in [6.45, 7) is -0.0744. The first kappa shape index (κ1) is 12.7. The van der Waals surface area contributed by atoms with Crippen molar-refractivity contribution in [1.82, 2.24) is 0 Å². The Morgan fingerprint density at radius 1 is 1.32 bits per heavy atom. The van der Waals surface area contributed by atoms with E-state index in [2.05, 4.69) is 0 Å². The molecule has 5 heteroatoms. The van der Waals surface area contributed by atoms with Gasteiger partial charge in [0.25, 0.3) is 0 Å². The number of nitrogens with two attached hydrogens (primary N) is 1. The van der Waals surface area contributed by atoms with Crippen LogP contribution in [0, 0.1) is 17.1 Å². The van der Waals surface area contributed by atoms with Gasteiger partial charge in [-0.1, -0.05) is 6.07 Å². The predicted molar refractivity (Wildman–Crippen MR) is 68.0 cm³/mol. The lowest BCUT2D eigenvalue weighted by atomic mass is 10.1. The maximum absolute atomic E-state index is 13.5. The van der Waals surface area contributed by atoms with Crippen LogP contribution in [0.15, 0.2) is 36.4 Å². The molecule has 2 aromatic rings. The third-order valence-corrected chi connectivity index (χ3v) is 2.60. The van der Waals surface area contributed by atoms with Crippen LogP contribution in [0.5, 0.6) is 11.5 Å². The molecule has 0 aliphatic rings. The van der Waals surface area contributed by atoms with Gasteiger partial charge in [0.15, 0.2) is 0 Å². The van der Waals surface area contributed by atoms with Crippen LogP contribution in [0.25, 0.3) is 0 Å². The Balaban J connectivity index is 2.19. The molecule has 0 aliphatic heterocycles. The summed E-state index contributed by atoms with van der Waals surface area (Å²) in [5.41, 5.74) is 6.32. The molecule has 0 heterocycles. The van der Waals surface area contributed by atoms with Gasteiger partial charge in [-0.15, -0.1) is 0 Å². The van der Waals surface area contributed by atoms with Crippen molar-refractivity contribution in [2.24, 2.45) is 0 Å². The highest BCUT2D eigenvalue weighted by molar-refractivity contribution is 5.61. The molecule has 0 bridgehead atoms. The normalized spacial score (nSPS) is 9.89. The summed E-state index contributed by atoms with van der Waals surface area (Å²) in [6, 6.07) is 10.5. The molecule has 3 N–H and O–H groups in total. The van der Waals surface area contributed by atoms with Crippen LogP contribution in [0.2, 0.25) is 0 Å². The highest BCUT2D eigenvalue weighted by Crippen LogP contribution is 2.30. The topological polar surface area (TPSA) is 79.3 Å². The summed E-state index contributed by atoms with van der Waals surface area (Å²) in [7, 11) is 0. The number of benzene rings is 2. The molecule has 0 saturated heterocycles. The maximum atomic E-state index is 13.5. The molecule has 0 saturated carbocycles. The molecule has 4 nitrogen and oxygen atoms in total. The Labute approximate surface area is 109 Å². The van der Waals surface area contributed by atoms with Gasteiger partial charge in [-0.2, -0.15) is 5.26 Å². The highest BCUT2D eigenvalue weighted by Gasteiger charge is 2.08. The summed E-state index contributed by atoms with van der Waals surface area (Å²) >= 11 is 0. The van der Waals surface area contributed by atoms with Crippen molar-refractivity contribution in [1.29, 1.82) is 5.26 Å². The van der Waals surface area contributed by atoms with Gasteiger partial charge >= 0.3 is 0 Å². The summed E-state index contributed by atoms with van der Waals surface area (Å²) in [5.74, 6) is -0.289. The Hall–Kier alpha value is -2.74. The fraction of sp³-hybridized carbons (Fsp3) is 0.0714. The van der Waals surface area contributed by atoms with Crippen LogP contribution in [-0.2, 0) is 6.61 Å². The van der Waals surface area contributed by atoms with E-state index in [0.29, 0.717) is 5.56 Å². The van der Waals surface area contributed by atoms with Crippen LogP contribution < -0.4 is 10.5 Å². The second-order valence-electron chi connectivity index (χ2n) is 3.90. The van der Waals surface area contributed by atoms with E-state index in [0.717, 1.165) is 0 Å².